The van der Waals surface area contributed by atoms with Gasteiger partial charge in [-0.3, -0.25) is 4.79 Å². The first-order valence-corrected chi connectivity index (χ1v) is 12.8. The van der Waals surface area contributed by atoms with E-state index in [-0.39, 0.29) is 18.5 Å². The van der Waals surface area contributed by atoms with Gasteiger partial charge in [0, 0.05) is 6.42 Å². The maximum atomic E-state index is 11.3. The molecule has 4 heteroatoms. The van der Waals surface area contributed by atoms with Gasteiger partial charge in [0.1, 0.15) is 12.4 Å². The Labute approximate surface area is 196 Å². The van der Waals surface area contributed by atoms with Crippen LogP contribution in [0.2, 0.25) is 0 Å². The molecule has 0 N–H and O–H groups in total. The summed E-state index contributed by atoms with van der Waals surface area (Å²) in [6.07, 6.45) is 17.4. The van der Waals surface area contributed by atoms with Gasteiger partial charge in [-0.15, -0.1) is 6.58 Å². The molecule has 4 nitrogen and oxygen atoms in total. The first-order valence-electron chi connectivity index (χ1n) is 12.8. The van der Waals surface area contributed by atoms with Gasteiger partial charge in [-0.05, 0) is 37.5 Å². The second kappa shape index (κ2) is 19.8. The monoisotopic (exact) mass is 446 g/mol. The molecule has 0 aromatic heterocycles. The zero-order valence-electron chi connectivity index (χ0n) is 20.6. The molecule has 32 heavy (non-hydrogen) atoms. The van der Waals surface area contributed by atoms with Crippen LogP contribution in [0.15, 0.2) is 36.9 Å². The molecular formula is C28H46O4. The number of ether oxygens (including phenoxy) is 3. The Balaban J connectivity index is 2.01. The number of rotatable bonds is 21. The van der Waals surface area contributed by atoms with Crippen molar-refractivity contribution >= 4 is 5.97 Å². The molecule has 182 valence electrons. The number of hydrogen-bond donors (Lipinski definition) is 0. The molecule has 0 saturated carbocycles. The van der Waals surface area contributed by atoms with Gasteiger partial charge in [0.25, 0.3) is 0 Å². The zero-order chi connectivity index (χ0) is 23.3. The molecule has 1 rings (SSSR count). The van der Waals surface area contributed by atoms with Gasteiger partial charge in [0.15, 0.2) is 0 Å². The van der Waals surface area contributed by atoms with Crippen molar-refractivity contribution in [2.75, 3.05) is 19.8 Å². The predicted molar refractivity (Wildman–Crippen MR) is 133 cm³/mol. The molecule has 0 radical (unpaired) electrons. The summed E-state index contributed by atoms with van der Waals surface area (Å²) < 4.78 is 16.6. The lowest BCUT2D eigenvalue weighted by Gasteiger charge is -2.14. The summed E-state index contributed by atoms with van der Waals surface area (Å²) in [5.41, 5.74) is 1.38. The van der Waals surface area contributed by atoms with E-state index >= 15 is 0 Å². The Morgan fingerprint density at radius 3 is 2.16 bits per heavy atom. The molecule has 0 spiro atoms. The molecule has 1 aromatic rings. The molecule has 1 atom stereocenters. The van der Waals surface area contributed by atoms with Gasteiger partial charge in [-0.1, -0.05) is 82.9 Å². The number of aryl methyl sites for hydroxylation is 1. The molecule has 1 aromatic carbocycles. The summed E-state index contributed by atoms with van der Waals surface area (Å²) in [5.74, 6) is 0.638. The molecule has 0 amide bonds. The van der Waals surface area contributed by atoms with E-state index in [2.05, 4.69) is 25.6 Å². The van der Waals surface area contributed by atoms with Crippen LogP contribution in [0.5, 0.6) is 5.75 Å². The van der Waals surface area contributed by atoms with Crippen LogP contribution in [-0.4, -0.2) is 31.9 Å². The van der Waals surface area contributed by atoms with Crippen molar-refractivity contribution in [1.29, 1.82) is 0 Å². The lowest BCUT2D eigenvalue weighted by atomic mass is 10.0. The Morgan fingerprint density at radius 2 is 1.53 bits per heavy atom. The number of unbranched alkanes of at least 4 members (excludes halogenated alkanes) is 9. The Hall–Kier alpha value is -1.81. The highest BCUT2D eigenvalue weighted by Crippen LogP contribution is 2.16. The lowest BCUT2D eigenvalue weighted by molar-refractivity contribution is -0.143. The largest absolute Gasteiger partial charge is 0.491 e. The highest BCUT2D eigenvalue weighted by Gasteiger charge is 2.05. The van der Waals surface area contributed by atoms with Crippen LogP contribution < -0.4 is 4.74 Å². The molecule has 0 heterocycles. The number of hydrogen-bond acceptors (Lipinski definition) is 4. The predicted octanol–water partition coefficient (Wildman–Crippen LogP) is 7.44. The van der Waals surface area contributed by atoms with Crippen molar-refractivity contribution in [3.8, 4) is 5.75 Å². The topological polar surface area (TPSA) is 44.8 Å². The van der Waals surface area contributed by atoms with Crippen molar-refractivity contribution < 1.29 is 19.0 Å². The third-order valence-corrected chi connectivity index (χ3v) is 5.60. The van der Waals surface area contributed by atoms with Gasteiger partial charge in [-0.2, -0.15) is 0 Å². The number of esters is 1. The molecule has 0 aliphatic heterocycles. The van der Waals surface area contributed by atoms with Crippen LogP contribution >= 0.6 is 0 Å². The molecule has 0 saturated heterocycles. The summed E-state index contributed by atoms with van der Waals surface area (Å²) in [7, 11) is 0. The standard InChI is InChI=1S/C28H46O4/c1-4-6-7-8-9-10-11-12-13-14-16-26-17-19-27(20-18-26)31-24-23-30-25(3)21-22-32-28(29)15-5-2/h5,17-20,25H,2,4,6-16,21-24H2,1,3H3/t25-/m1/s1. The Morgan fingerprint density at radius 1 is 0.906 bits per heavy atom. The smallest absolute Gasteiger partial charge is 0.309 e. The fourth-order valence-corrected chi connectivity index (χ4v) is 3.58. The maximum Gasteiger partial charge on any atom is 0.309 e. The SMILES string of the molecule is C=CCC(=O)OCC[C@@H](C)OCCOc1ccc(CCCCCCCCCCCC)cc1. The minimum Gasteiger partial charge on any atom is -0.491 e. The second-order valence-electron chi connectivity index (χ2n) is 8.61. The second-order valence-corrected chi connectivity index (χ2v) is 8.61. The van der Waals surface area contributed by atoms with Gasteiger partial charge < -0.3 is 14.2 Å². The lowest BCUT2D eigenvalue weighted by Crippen LogP contribution is -2.17. The average molecular weight is 447 g/mol. The summed E-state index contributed by atoms with van der Waals surface area (Å²) in [6.45, 7) is 9.17. The zero-order valence-corrected chi connectivity index (χ0v) is 20.6. The molecule has 0 aliphatic rings. The van der Waals surface area contributed by atoms with Crippen LogP contribution in [0.4, 0.5) is 0 Å². The fourth-order valence-electron chi connectivity index (χ4n) is 3.58. The van der Waals surface area contributed by atoms with E-state index < -0.39 is 0 Å². The van der Waals surface area contributed by atoms with Crippen molar-refractivity contribution in [2.24, 2.45) is 0 Å². The van der Waals surface area contributed by atoms with E-state index in [9.17, 15) is 4.79 Å². The van der Waals surface area contributed by atoms with E-state index in [1.54, 1.807) is 6.08 Å². The molecule has 0 bridgehead atoms. The summed E-state index contributed by atoms with van der Waals surface area (Å²) in [5, 5.41) is 0. The third-order valence-electron chi connectivity index (χ3n) is 5.60. The maximum absolute atomic E-state index is 11.3. The molecule has 0 aliphatic carbocycles. The Kier molecular flexibility index (Phi) is 17.5. The van der Waals surface area contributed by atoms with E-state index in [0.29, 0.717) is 26.2 Å². The van der Waals surface area contributed by atoms with Crippen molar-refractivity contribution in [1.82, 2.24) is 0 Å². The van der Waals surface area contributed by atoms with Gasteiger partial charge in [0.05, 0.1) is 25.7 Å². The number of carbonyl (C=O) groups excluding carboxylic acids is 1. The summed E-state index contributed by atoms with van der Waals surface area (Å²) in [4.78, 5) is 11.3. The van der Waals surface area contributed by atoms with Crippen molar-refractivity contribution in [3.05, 3.63) is 42.5 Å². The molecule has 0 fully saturated rings. The van der Waals surface area contributed by atoms with E-state index in [1.807, 2.05) is 19.1 Å². The van der Waals surface area contributed by atoms with Crippen LogP contribution in [0.25, 0.3) is 0 Å². The minimum absolute atomic E-state index is 0.0264. The van der Waals surface area contributed by atoms with E-state index in [0.717, 1.165) is 12.2 Å². The first kappa shape index (κ1) is 28.2. The Bertz CT molecular complexity index is 582. The first-order chi connectivity index (χ1) is 15.7. The van der Waals surface area contributed by atoms with Gasteiger partial charge in [0.2, 0.25) is 0 Å². The van der Waals surface area contributed by atoms with Crippen molar-refractivity contribution in [3.63, 3.8) is 0 Å². The normalized spacial score (nSPS) is 11.8. The molecule has 0 unspecified atom stereocenters. The average Bonchev–Trinajstić information content (AvgIpc) is 2.79. The van der Waals surface area contributed by atoms with E-state index in [1.165, 1.54) is 69.8 Å². The van der Waals surface area contributed by atoms with Crippen LogP contribution in [0.1, 0.15) is 96.5 Å². The van der Waals surface area contributed by atoms with E-state index in [4.69, 9.17) is 14.2 Å². The summed E-state index contributed by atoms with van der Waals surface area (Å²) in [6, 6.07) is 8.44. The van der Waals surface area contributed by atoms with Crippen LogP contribution in [0, 0.1) is 0 Å². The van der Waals surface area contributed by atoms with Crippen LogP contribution in [-0.2, 0) is 20.7 Å². The van der Waals surface area contributed by atoms with Gasteiger partial charge >= 0.3 is 5.97 Å². The molecular weight excluding hydrogens is 400 g/mol. The minimum atomic E-state index is -0.243. The quantitative estimate of drug-likeness (QED) is 0.112. The van der Waals surface area contributed by atoms with Crippen molar-refractivity contribution in [2.45, 2.75) is 103 Å². The number of carbonyl (C=O) groups is 1. The fraction of sp³-hybridized carbons (Fsp3) is 0.679. The summed E-state index contributed by atoms with van der Waals surface area (Å²) >= 11 is 0. The number of benzene rings is 1. The van der Waals surface area contributed by atoms with Gasteiger partial charge in [-0.25, -0.2) is 0 Å². The highest BCUT2D eigenvalue weighted by atomic mass is 16.5. The highest BCUT2D eigenvalue weighted by molar-refractivity contribution is 5.70. The van der Waals surface area contributed by atoms with Crippen LogP contribution in [0.3, 0.4) is 0 Å². The third kappa shape index (κ3) is 15.9.